The highest BCUT2D eigenvalue weighted by atomic mass is 16.5. The van der Waals surface area contributed by atoms with Gasteiger partial charge in [0, 0.05) is 44.5 Å². The van der Waals surface area contributed by atoms with Gasteiger partial charge in [-0.25, -0.2) is 4.98 Å². The molecular formula is C19H27N3O2. The fourth-order valence-corrected chi connectivity index (χ4v) is 3.68. The summed E-state index contributed by atoms with van der Waals surface area (Å²) in [5.74, 6) is 0.747. The number of rotatable bonds is 4. The second-order valence-corrected chi connectivity index (χ2v) is 7.32. The van der Waals surface area contributed by atoms with Gasteiger partial charge in [-0.2, -0.15) is 0 Å². The molecule has 1 aliphatic heterocycles. The van der Waals surface area contributed by atoms with Crippen molar-refractivity contribution in [1.29, 1.82) is 0 Å². The molecule has 2 heterocycles. The van der Waals surface area contributed by atoms with Crippen LogP contribution in [0, 0.1) is 0 Å². The zero-order valence-corrected chi connectivity index (χ0v) is 14.3. The molecule has 0 N–H and O–H groups in total. The van der Waals surface area contributed by atoms with E-state index in [2.05, 4.69) is 9.88 Å². The first kappa shape index (κ1) is 15.9. The molecule has 0 radical (unpaired) electrons. The molecule has 0 atom stereocenters. The van der Waals surface area contributed by atoms with Crippen molar-refractivity contribution in [2.45, 2.75) is 57.1 Å². The number of hydrogen-bond donors (Lipinski definition) is 0. The van der Waals surface area contributed by atoms with Gasteiger partial charge in [0.1, 0.15) is 6.10 Å². The number of ether oxygens (including phenoxy) is 1. The minimum absolute atomic E-state index is 0.105. The van der Waals surface area contributed by atoms with Crippen molar-refractivity contribution in [2.24, 2.45) is 0 Å². The zero-order valence-electron chi connectivity index (χ0n) is 14.3. The summed E-state index contributed by atoms with van der Waals surface area (Å²) in [5.41, 5.74) is 0.674. The van der Waals surface area contributed by atoms with Crippen molar-refractivity contribution in [3.63, 3.8) is 0 Å². The maximum absolute atomic E-state index is 12.7. The maximum Gasteiger partial charge on any atom is 0.255 e. The molecule has 3 aliphatic rings. The third-order valence-corrected chi connectivity index (χ3v) is 5.73. The van der Waals surface area contributed by atoms with Crippen LogP contribution >= 0.6 is 0 Å². The lowest BCUT2D eigenvalue weighted by Gasteiger charge is -2.36. The highest BCUT2D eigenvalue weighted by Gasteiger charge is 2.28. The topological polar surface area (TPSA) is 45.7 Å². The molecular weight excluding hydrogens is 302 g/mol. The summed E-state index contributed by atoms with van der Waals surface area (Å²) in [6.45, 7) is 3.81. The first-order valence-electron chi connectivity index (χ1n) is 9.45. The average molecular weight is 329 g/mol. The quantitative estimate of drug-likeness (QED) is 0.852. The summed E-state index contributed by atoms with van der Waals surface area (Å²) in [6, 6.07) is 4.46. The molecule has 0 unspecified atom stereocenters. The van der Waals surface area contributed by atoms with E-state index in [4.69, 9.17) is 4.74 Å². The van der Waals surface area contributed by atoms with E-state index in [0.29, 0.717) is 17.5 Å². The number of carbonyl (C=O) groups is 1. The summed E-state index contributed by atoms with van der Waals surface area (Å²) < 4.78 is 5.77. The highest BCUT2D eigenvalue weighted by molar-refractivity contribution is 5.94. The Morgan fingerprint density at radius 3 is 2.46 bits per heavy atom. The van der Waals surface area contributed by atoms with Crippen molar-refractivity contribution in [1.82, 2.24) is 14.8 Å². The predicted molar refractivity (Wildman–Crippen MR) is 92.2 cm³/mol. The summed E-state index contributed by atoms with van der Waals surface area (Å²) >= 11 is 0. The SMILES string of the molecule is O=C(c1ccc(OC2CCC2)nc1)N1CCCN(C2CCC2)CC1. The van der Waals surface area contributed by atoms with Crippen LogP contribution < -0.4 is 4.74 Å². The van der Waals surface area contributed by atoms with Crippen LogP contribution in [0.3, 0.4) is 0 Å². The molecule has 0 bridgehead atoms. The van der Waals surface area contributed by atoms with Crippen LogP contribution in [0.5, 0.6) is 5.88 Å². The molecule has 3 fully saturated rings. The Morgan fingerprint density at radius 2 is 1.83 bits per heavy atom. The normalized spacial score (nSPS) is 23.2. The van der Waals surface area contributed by atoms with E-state index in [0.717, 1.165) is 51.5 Å². The number of nitrogens with zero attached hydrogens (tertiary/aromatic N) is 3. The van der Waals surface area contributed by atoms with Gasteiger partial charge >= 0.3 is 0 Å². The van der Waals surface area contributed by atoms with Crippen LogP contribution in [0.15, 0.2) is 18.3 Å². The molecule has 1 aromatic heterocycles. The third-order valence-electron chi connectivity index (χ3n) is 5.73. The lowest BCUT2D eigenvalue weighted by Crippen LogP contribution is -2.42. The Balaban J connectivity index is 1.34. The number of amides is 1. The van der Waals surface area contributed by atoms with Crippen LogP contribution in [0.4, 0.5) is 0 Å². The second-order valence-electron chi connectivity index (χ2n) is 7.32. The molecule has 5 nitrogen and oxygen atoms in total. The van der Waals surface area contributed by atoms with Gasteiger partial charge in [-0.1, -0.05) is 6.42 Å². The van der Waals surface area contributed by atoms with Gasteiger partial charge in [-0.15, -0.1) is 0 Å². The Kier molecular flexibility index (Phi) is 4.69. The predicted octanol–water partition coefficient (Wildman–Crippen LogP) is 2.71. The van der Waals surface area contributed by atoms with Gasteiger partial charge < -0.3 is 9.64 Å². The molecule has 2 aliphatic carbocycles. The zero-order chi connectivity index (χ0) is 16.4. The Labute approximate surface area is 144 Å². The van der Waals surface area contributed by atoms with Crippen molar-refractivity contribution >= 4 is 5.91 Å². The van der Waals surface area contributed by atoms with E-state index >= 15 is 0 Å². The molecule has 0 aromatic carbocycles. The van der Waals surface area contributed by atoms with Crippen LogP contribution in [0.2, 0.25) is 0 Å². The Bertz CT molecular complexity index is 566. The van der Waals surface area contributed by atoms with Gasteiger partial charge in [0.2, 0.25) is 5.88 Å². The van der Waals surface area contributed by atoms with E-state index < -0.39 is 0 Å². The van der Waals surface area contributed by atoms with Crippen LogP contribution in [0.25, 0.3) is 0 Å². The first-order valence-corrected chi connectivity index (χ1v) is 9.45. The maximum atomic E-state index is 12.7. The van der Waals surface area contributed by atoms with Gasteiger partial charge in [-0.05, 0) is 44.6 Å². The first-order chi connectivity index (χ1) is 11.8. The summed E-state index contributed by atoms with van der Waals surface area (Å²) in [5, 5.41) is 0. The lowest BCUT2D eigenvalue weighted by molar-refractivity contribution is 0.0748. The van der Waals surface area contributed by atoms with Gasteiger partial charge in [0.25, 0.3) is 5.91 Å². The molecule has 24 heavy (non-hydrogen) atoms. The highest BCUT2D eigenvalue weighted by Crippen LogP contribution is 2.26. The van der Waals surface area contributed by atoms with Gasteiger partial charge in [0.15, 0.2) is 0 Å². The molecule has 1 aromatic rings. The fraction of sp³-hybridized carbons (Fsp3) is 0.684. The fourth-order valence-electron chi connectivity index (χ4n) is 3.68. The molecule has 1 amide bonds. The number of carbonyl (C=O) groups excluding carboxylic acids is 1. The third kappa shape index (κ3) is 3.41. The molecule has 130 valence electrons. The largest absolute Gasteiger partial charge is 0.474 e. The number of pyridine rings is 1. The van der Waals surface area contributed by atoms with E-state index in [9.17, 15) is 4.79 Å². The van der Waals surface area contributed by atoms with Gasteiger partial charge in [0.05, 0.1) is 5.56 Å². The molecule has 1 saturated heterocycles. The van der Waals surface area contributed by atoms with E-state index in [1.165, 1.54) is 25.7 Å². The Morgan fingerprint density at radius 1 is 1.00 bits per heavy atom. The van der Waals surface area contributed by atoms with E-state index in [1.807, 2.05) is 17.0 Å². The minimum atomic E-state index is 0.105. The molecule has 0 spiro atoms. The van der Waals surface area contributed by atoms with Crippen LogP contribution in [0.1, 0.15) is 55.3 Å². The lowest BCUT2D eigenvalue weighted by atomic mass is 9.91. The standard InChI is InChI=1S/C19H27N3O2/c23-19(15-8-9-18(20-14-15)24-17-6-2-7-17)22-11-3-10-21(12-13-22)16-4-1-5-16/h8-9,14,16-17H,1-7,10-13H2. The molecule has 5 heteroatoms. The monoisotopic (exact) mass is 329 g/mol. The summed E-state index contributed by atoms with van der Waals surface area (Å²) in [6.07, 6.45) is 10.6. The van der Waals surface area contributed by atoms with Crippen molar-refractivity contribution in [3.8, 4) is 5.88 Å². The summed E-state index contributed by atoms with van der Waals surface area (Å²) in [4.78, 5) is 21.6. The van der Waals surface area contributed by atoms with Crippen molar-refractivity contribution in [2.75, 3.05) is 26.2 Å². The second kappa shape index (κ2) is 7.09. The smallest absolute Gasteiger partial charge is 0.255 e. The van der Waals surface area contributed by atoms with Crippen molar-refractivity contribution < 1.29 is 9.53 Å². The van der Waals surface area contributed by atoms with Crippen LogP contribution in [-0.4, -0.2) is 59.0 Å². The summed E-state index contributed by atoms with van der Waals surface area (Å²) in [7, 11) is 0. The Hall–Kier alpha value is -1.62. The van der Waals surface area contributed by atoms with Gasteiger partial charge in [-0.3, -0.25) is 9.69 Å². The van der Waals surface area contributed by atoms with Crippen LogP contribution in [-0.2, 0) is 0 Å². The number of aromatic nitrogens is 1. The minimum Gasteiger partial charge on any atom is -0.474 e. The average Bonchev–Trinajstić information content (AvgIpc) is 2.75. The number of hydrogen-bond acceptors (Lipinski definition) is 4. The van der Waals surface area contributed by atoms with E-state index in [1.54, 1.807) is 6.20 Å². The van der Waals surface area contributed by atoms with Crippen molar-refractivity contribution in [3.05, 3.63) is 23.9 Å². The molecule has 4 rings (SSSR count). The molecule has 2 saturated carbocycles. The van der Waals surface area contributed by atoms with E-state index in [-0.39, 0.29) is 5.91 Å².